The molecular weight excluding hydrogens is 405 g/mol. The average Bonchev–Trinajstić information content (AvgIpc) is 2.72. The number of anilines is 2. The Hall–Kier alpha value is -2.61. The number of carbonyl (C=O) groups excluding carboxylic acids is 1. The van der Waals surface area contributed by atoms with Gasteiger partial charge in [0.1, 0.15) is 11.9 Å². The zero-order chi connectivity index (χ0) is 21.7. The predicted octanol–water partition coefficient (Wildman–Crippen LogP) is 3.29. The lowest BCUT2D eigenvalue weighted by atomic mass is 10.1. The highest BCUT2D eigenvalue weighted by Crippen LogP contribution is 2.22. The second-order valence-electron chi connectivity index (χ2n) is 7.65. The van der Waals surface area contributed by atoms with Crippen molar-refractivity contribution in [2.24, 2.45) is 0 Å². The number of piperidine rings is 1. The molecule has 0 spiro atoms. The van der Waals surface area contributed by atoms with E-state index in [1.165, 1.54) is 50.1 Å². The fourth-order valence-corrected chi connectivity index (χ4v) is 4.90. The summed E-state index contributed by atoms with van der Waals surface area (Å²) < 4.78 is 39.1. The summed E-state index contributed by atoms with van der Waals surface area (Å²) in [5.41, 5.74) is 2.21. The smallest absolute Gasteiger partial charge is 0.243 e. The number of sulfonamides is 1. The molecule has 0 unspecified atom stereocenters. The molecular formula is C22H28FN3O3S. The van der Waals surface area contributed by atoms with E-state index in [-0.39, 0.29) is 12.2 Å². The molecule has 30 heavy (non-hydrogen) atoms. The zero-order valence-electron chi connectivity index (χ0n) is 17.3. The van der Waals surface area contributed by atoms with Crippen LogP contribution >= 0.6 is 0 Å². The number of nitrogens with zero attached hydrogens (tertiary/aromatic N) is 2. The highest BCUT2D eigenvalue weighted by atomic mass is 32.2. The van der Waals surface area contributed by atoms with Crippen LogP contribution in [-0.4, -0.2) is 39.7 Å². The first-order valence-corrected chi connectivity index (χ1v) is 12.0. The third kappa shape index (κ3) is 5.50. The molecule has 162 valence electrons. The number of rotatable bonds is 7. The molecule has 6 nitrogen and oxygen atoms in total. The van der Waals surface area contributed by atoms with Gasteiger partial charge in [0.2, 0.25) is 15.9 Å². The number of nitrogens with one attached hydrogen (secondary N) is 1. The van der Waals surface area contributed by atoms with Crippen molar-refractivity contribution in [3.8, 4) is 0 Å². The number of amides is 1. The van der Waals surface area contributed by atoms with Crippen LogP contribution < -0.4 is 14.5 Å². The van der Waals surface area contributed by atoms with Crippen molar-refractivity contribution >= 4 is 27.3 Å². The summed E-state index contributed by atoms with van der Waals surface area (Å²) >= 11 is 0. The maximum Gasteiger partial charge on any atom is 0.243 e. The molecule has 0 aliphatic carbocycles. The summed E-state index contributed by atoms with van der Waals surface area (Å²) in [6, 6.07) is 12.2. The summed E-state index contributed by atoms with van der Waals surface area (Å²) in [4.78, 5) is 15.0. The van der Waals surface area contributed by atoms with Crippen molar-refractivity contribution in [3.05, 3.63) is 59.9 Å². The number of halogens is 1. The predicted molar refractivity (Wildman–Crippen MR) is 118 cm³/mol. The Kier molecular flexibility index (Phi) is 6.97. The van der Waals surface area contributed by atoms with E-state index in [9.17, 15) is 17.6 Å². The minimum Gasteiger partial charge on any atom is -0.372 e. The summed E-state index contributed by atoms with van der Waals surface area (Å²) in [6.07, 6.45) is 4.69. The van der Waals surface area contributed by atoms with E-state index in [0.29, 0.717) is 0 Å². The Bertz CT molecular complexity index is 973. The molecule has 0 radical (unpaired) electrons. The van der Waals surface area contributed by atoms with Crippen molar-refractivity contribution in [2.45, 2.75) is 38.8 Å². The fourth-order valence-electron chi connectivity index (χ4n) is 3.74. The molecule has 1 aliphatic heterocycles. The third-order valence-electron chi connectivity index (χ3n) is 5.28. The summed E-state index contributed by atoms with van der Waals surface area (Å²) in [6.45, 7) is 3.90. The molecule has 2 aromatic rings. The second kappa shape index (κ2) is 9.47. The van der Waals surface area contributed by atoms with Crippen LogP contribution in [0.5, 0.6) is 0 Å². The van der Waals surface area contributed by atoms with Crippen molar-refractivity contribution in [3.63, 3.8) is 0 Å². The van der Waals surface area contributed by atoms with E-state index < -0.39 is 27.8 Å². The molecule has 8 heteroatoms. The molecule has 1 atom stereocenters. The van der Waals surface area contributed by atoms with Gasteiger partial charge in [0.05, 0.1) is 11.9 Å². The third-order valence-corrected chi connectivity index (χ3v) is 6.52. The number of hydrogen-bond acceptors (Lipinski definition) is 4. The molecule has 3 rings (SSSR count). The monoisotopic (exact) mass is 433 g/mol. The van der Waals surface area contributed by atoms with Gasteiger partial charge in [-0.1, -0.05) is 18.2 Å². The van der Waals surface area contributed by atoms with Crippen molar-refractivity contribution in [2.75, 3.05) is 28.6 Å². The van der Waals surface area contributed by atoms with Gasteiger partial charge in [-0.15, -0.1) is 0 Å². The second-order valence-corrected chi connectivity index (χ2v) is 9.51. The van der Waals surface area contributed by atoms with Crippen LogP contribution in [0.4, 0.5) is 15.8 Å². The lowest BCUT2D eigenvalue weighted by Crippen LogP contribution is -2.47. The van der Waals surface area contributed by atoms with Crippen LogP contribution in [0.1, 0.15) is 31.7 Å². The largest absolute Gasteiger partial charge is 0.372 e. The zero-order valence-corrected chi connectivity index (χ0v) is 18.2. The minimum atomic E-state index is -3.78. The van der Waals surface area contributed by atoms with E-state index in [1.807, 2.05) is 24.3 Å². The fraction of sp³-hybridized carbons (Fsp3) is 0.409. The van der Waals surface area contributed by atoms with Gasteiger partial charge in [0.25, 0.3) is 0 Å². The van der Waals surface area contributed by atoms with Gasteiger partial charge in [0.15, 0.2) is 0 Å². The summed E-state index contributed by atoms with van der Waals surface area (Å²) in [7, 11) is -3.78. The molecule has 1 saturated heterocycles. The Morgan fingerprint density at radius 1 is 1.13 bits per heavy atom. The van der Waals surface area contributed by atoms with Crippen molar-refractivity contribution < 1.29 is 17.6 Å². The standard InChI is InChI=1S/C22H28FN3O3S/c1-17(26(30(2,28)29)21-8-6-7-19(23)15-21)22(27)24-16-18-9-11-20(12-10-18)25-13-4-3-5-14-25/h6-12,15,17H,3-5,13-14,16H2,1-2H3,(H,24,27)/t17-/m0/s1. The average molecular weight is 434 g/mol. The van der Waals surface area contributed by atoms with Crippen molar-refractivity contribution in [1.82, 2.24) is 5.32 Å². The van der Waals surface area contributed by atoms with Gasteiger partial charge in [-0.2, -0.15) is 0 Å². The Morgan fingerprint density at radius 2 is 1.80 bits per heavy atom. The first-order chi connectivity index (χ1) is 14.3. The highest BCUT2D eigenvalue weighted by Gasteiger charge is 2.29. The van der Waals surface area contributed by atoms with Gasteiger partial charge >= 0.3 is 0 Å². The first-order valence-electron chi connectivity index (χ1n) is 10.1. The van der Waals surface area contributed by atoms with Gasteiger partial charge < -0.3 is 10.2 Å². The van der Waals surface area contributed by atoms with E-state index >= 15 is 0 Å². The van der Waals surface area contributed by atoms with Crippen molar-refractivity contribution in [1.29, 1.82) is 0 Å². The minimum absolute atomic E-state index is 0.117. The van der Waals surface area contributed by atoms with Gasteiger partial charge in [0, 0.05) is 25.3 Å². The molecule has 1 aliphatic rings. The first kappa shape index (κ1) is 22.1. The molecule has 1 N–H and O–H groups in total. The van der Waals surface area contributed by atoms with Crippen LogP contribution in [0.2, 0.25) is 0 Å². The van der Waals surface area contributed by atoms with E-state index in [0.717, 1.165) is 35.3 Å². The van der Waals surface area contributed by atoms with Crippen LogP contribution in [0, 0.1) is 5.82 Å². The summed E-state index contributed by atoms with van der Waals surface area (Å²) in [5.74, 6) is -1.02. The van der Waals surface area contributed by atoms with Crippen LogP contribution in [-0.2, 0) is 21.4 Å². The molecule has 1 heterocycles. The van der Waals surface area contributed by atoms with E-state index in [1.54, 1.807) is 0 Å². The lowest BCUT2D eigenvalue weighted by molar-refractivity contribution is -0.122. The molecule has 0 saturated carbocycles. The van der Waals surface area contributed by atoms with Crippen LogP contribution in [0.3, 0.4) is 0 Å². The number of hydrogen-bond donors (Lipinski definition) is 1. The summed E-state index contributed by atoms with van der Waals surface area (Å²) in [5, 5.41) is 2.78. The highest BCUT2D eigenvalue weighted by molar-refractivity contribution is 7.92. The Labute approximate surface area is 177 Å². The lowest BCUT2D eigenvalue weighted by Gasteiger charge is -2.29. The molecule has 1 amide bonds. The van der Waals surface area contributed by atoms with Gasteiger partial charge in [-0.25, -0.2) is 12.8 Å². The molecule has 0 bridgehead atoms. The Morgan fingerprint density at radius 3 is 2.40 bits per heavy atom. The Balaban J connectivity index is 1.65. The van der Waals surface area contributed by atoms with Crippen LogP contribution in [0.25, 0.3) is 0 Å². The molecule has 0 aromatic heterocycles. The van der Waals surface area contributed by atoms with Crippen LogP contribution in [0.15, 0.2) is 48.5 Å². The number of carbonyl (C=O) groups is 1. The van der Waals surface area contributed by atoms with E-state index in [2.05, 4.69) is 10.2 Å². The van der Waals surface area contributed by atoms with Gasteiger partial charge in [-0.3, -0.25) is 9.10 Å². The SMILES string of the molecule is C[C@@H](C(=O)NCc1ccc(N2CCCCC2)cc1)N(c1cccc(F)c1)S(C)(=O)=O. The van der Waals surface area contributed by atoms with E-state index in [4.69, 9.17) is 0 Å². The van der Waals surface area contributed by atoms with Gasteiger partial charge in [-0.05, 0) is 62.1 Å². The molecule has 2 aromatic carbocycles. The number of benzene rings is 2. The normalized spacial score (nSPS) is 15.5. The maximum absolute atomic E-state index is 13.6. The maximum atomic E-state index is 13.6. The quantitative estimate of drug-likeness (QED) is 0.728. The topological polar surface area (TPSA) is 69.7 Å². The molecule has 1 fully saturated rings.